The molecule has 1 rings (SSSR count). The van der Waals surface area contributed by atoms with Crippen LogP contribution in [0.25, 0.3) is 0 Å². The normalized spacial score (nSPS) is 10.4. The van der Waals surface area contributed by atoms with Gasteiger partial charge in [0.1, 0.15) is 5.82 Å². The van der Waals surface area contributed by atoms with Crippen molar-refractivity contribution in [1.29, 1.82) is 0 Å². The smallest absolute Gasteiger partial charge is 0.168 e. The Balaban J connectivity index is 3.29. The van der Waals surface area contributed by atoms with Gasteiger partial charge < -0.3 is 5.73 Å². The van der Waals surface area contributed by atoms with Crippen molar-refractivity contribution in [2.24, 2.45) is 0 Å². The first-order chi connectivity index (χ1) is 5.09. The number of benzene rings is 1. The van der Waals surface area contributed by atoms with Crippen LogP contribution in [0, 0.1) is 5.82 Å². The molecule has 0 unspecified atom stereocenters. The summed E-state index contributed by atoms with van der Waals surface area (Å²) in [5.74, 6) is -0.640. The van der Waals surface area contributed by atoms with E-state index in [1.165, 1.54) is 6.07 Å². The van der Waals surface area contributed by atoms with E-state index in [0.717, 1.165) is 12.1 Å². The molecule has 11 heavy (non-hydrogen) atoms. The van der Waals surface area contributed by atoms with Gasteiger partial charge in [-0.3, -0.25) is 0 Å². The van der Waals surface area contributed by atoms with Crippen molar-refractivity contribution in [2.45, 2.75) is 4.90 Å². The van der Waals surface area contributed by atoms with E-state index in [1.807, 2.05) is 0 Å². The van der Waals surface area contributed by atoms with E-state index in [1.54, 1.807) is 0 Å². The van der Waals surface area contributed by atoms with Gasteiger partial charge in [0.15, 0.2) is 10.7 Å². The molecule has 0 saturated heterocycles. The zero-order valence-electron chi connectivity index (χ0n) is 5.45. The van der Waals surface area contributed by atoms with Crippen LogP contribution in [0.1, 0.15) is 0 Å². The predicted octanol–water partition coefficient (Wildman–Crippen LogP) is 0.378. The van der Waals surface area contributed by atoms with E-state index < -0.39 is 16.5 Å². The molecular formula is C6H6FNO2S. The van der Waals surface area contributed by atoms with E-state index >= 15 is 0 Å². The second kappa shape index (κ2) is 2.87. The van der Waals surface area contributed by atoms with Crippen molar-refractivity contribution >= 4 is 16.4 Å². The van der Waals surface area contributed by atoms with Crippen LogP contribution in [0.2, 0.25) is 0 Å². The largest absolute Gasteiger partial charge is 0.399 e. The topological polar surface area (TPSA) is 60.2 Å². The van der Waals surface area contributed by atoms with Crippen molar-refractivity contribution in [2.75, 3.05) is 5.73 Å². The minimum Gasteiger partial charge on any atom is -0.399 e. The van der Waals surface area contributed by atoms with Crippen molar-refractivity contribution in [3.05, 3.63) is 24.0 Å². The first-order valence-electron chi connectivity index (χ1n) is 2.80. The number of rotatable bonds is 1. The summed E-state index contributed by atoms with van der Waals surface area (Å²) in [4.78, 5) is -0.0995. The van der Waals surface area contributed by atoms with Gasteiger partial charge in [0.25, 0.3) is 0 Å². The molecule has 0 bridgehead atoms. The van der Waals surface area contributed by atoms with Gasteiger partial charge in [0.05, 0.1) is 4.90 Å². The maximum atomic E-state index is 12.4. The third kappa shape index (κ3) is 1.91. The maximum Gasteiger partial charge on any atom is 0.168 e. The minimum absolute atomic E-state index is 0.0995. The SMILES string of the molecule is Nc1cc(F)cc([SH](=O)=O)c1. The van der Waals surface area contributed by atoms with Crippen molar-refractivity contribution < 1.29 is 12.8 Å². The lowest BCUT2D eigenvalue weighted by Gasteiger charge is -1.94. The summed E-state index contributed by atoms with van der Waals surface area (Å²) in [7, 11) is -2.75. The standard InChI is InChI=1S/C6H6FNO2S/c7-4-1-5(8)3-6(2-4)11(9)10/h1-3,11H,8H2. The van der Waals surface area contributed by atoms with E-state index in [9.17, 15) is 12.8 Å². The number of hydrogen-bond donors (Lipinski definition) is 2. The zero-order valence-corrected chi connectivity index (χ0v) is 6.35. The third-order valence-electron chi connectivity index (χ3n) is 1.12. The average Bonchev–Trinajstić information content (AvgIpc) is 1.85. The van der Waals surface area contributed by atoms with Gasteiger partial charge in [-0.05, 0) is 18.2 Å². The minimum atomic E-state index is -2.75. The Morgan fingerprint density at radius 1 is 1.27 bits per heavy atom. The number of nitrogen functional groups attached to an aromatic ring is 1. The molecule has 60 valence electrons. The fourth-order valence-corrected chi connectivity index (χ4v) is 1.18. The van der Waals surface area contributed by atoms with Crippen LogP contribution in [0.4, 0.5) is 10.1 Å². The van der Waals surface area contributed by atoms with Gasteiger partial charge in [-0.1, -0.05) is 0 Å². The Bertz CT molecular complexity index is 320. The Morgan fingerprint density at radius 3 is 2.36 bits per heavy atom. The van der Waals surface area contributed by atoms with Crippen molar-refractivity contribution in [3.8, 4) is 0 Å². The third-order valence-corrected chi connectivity index (χ3v) is 1.80. The molecule has 0 heterocycles. The molecule has 0 fully saturated rings. The molecule has 3 nitrogen and oxygen atoms in total. The summed E-state index contributed by atoms with van der Waals surface area (Å²) in [5, 5.41) is 0. The van der Waals surface area contributed by atoms with Gasteiger partial charge in [0, 0.05) is 5.69 Å². The van der Waals surface area contributed by atoms with Crippen LogP contribution < -0.4 is 5.73 Å². The summed E-state index contributed by atoms with van der Waals surface area (Å²) < 4.78 is 33.1. The van der Waals surface area contributed by atoms with Crippen molar-refractivity contribution in [1.82, 2.24) is 0 Å². The van der Waals surface area contributed by atoms with Gasteiger partial charge in [-0.2, -0.15) is 0 Å². The zero-order chi connectivity index (χ0) is 8.43. The second-order valence-corrected chi connectivity index (χ2v) is 3.03. The number of halogens is 1. The van der Waals surface area contributed by atoms with Crippen LogP contribution >= 0.6 is 0 Å². The molecule has 2 N–H and O–H groups in total. The number of thiol groups is 1. The Morgan fingerprint density at radius 2 is 1.91 bits per heavy atom. The lowest BCUT2D eigenvalue weighted by Crippen LogP contribution is -1.89. The Kier molecular flexibility index (Phi) is 2.09. The average molecular weight is 175 g/mol. The molecule has 1 aromatic carbocycles. The highest BCUT2D eigenvalue weighted by Crippen LogP contribution is 2.11. The molecular weight excluding hydrogens is 169 g/mol. The van der Waals surface area contributed by atoms with Gasteiger partial charge >= 0.3 is 0 Å². The molecule has 0 aromatic heterocycles. The molecule has 0 saturated carbocycles. The van der Waals surface area contributed by atoms with Gasteiger partial charge in [-0.15, -0.1) is 0 Å². The number of nitrogens with two attached hydrogens (primary N) is 1. The molecule has 0 aliphatic rings. The lowest BCUT2D eigenvalue weighted by molar-refractivity contribution is 0.606. The Labute approximate surface area is 64.6 Å². The van der Waals surface area contributed by atoms with E-state index in [2.05, 4.69) is 0 Å². The van der Waals surface area contributed by atoms with Crippen LogP contribution in [0.15, 0.2) is 23.1 Å². The monoisotopic (exact) mass is 175 g/mol. The highest BCUT2D eigenvalue weighted by molar-refractivity contribution is 7.72. The summed E-state index contributed by atoms with van der Waals surface area (Å²) in [6.45, 7) is 0. The molecule has 0 radical (unpaired) electrons. The molecule has 5 heteroatoms. The first-order valence-corrected chi connectivity index (χ1v) is 3.98. The fourth-order valence-electron chi connectivity index (χ4n) is 0.702. The highest BCUT2D eigenvalue weighted by Gasteiger charge is 1.98. The lowest BCUT2D eigenvalue weighted by atomic mass is 10.3. The van der Waals surface area contributed by atoms with Crippen LogP contribution in [-0.4, -0.2) is 8.42 Å². The quantitative estimate of drug-likeness (QED) is 0.479. The highest BCUT2D eigenvalue weighted by atomic mass is 32.2. The van der Waals surface area contributed by atoms with Crippen molar-refractivity contribution in [3.63, 3.8) is 0 Å². The molecule has 0 amide bonds. The van der Waals surface area contributed by atoms with E-state index in [-0.39, 0.29) is 10.6 Å². The number of anilines is 1. The Hall–Kier alpha value is -1.10. The fraction of sp³-hybridized carbons (Fsp3) is 0. The predicted molar refractivity (Wildman–Crippen MR) is 39.4 cm³/mol. The molecule has 0 aliphatic carbocycles. The summed E-state index contributed by atoms with van der Waals surface area (Å²) in [6, 6.07) is 3.18. The summed E-state index contributed by atoms with van der Waals surface area (Å²) in [5.41, 5.74) is 5.30. The summed E-state index contributed by atoms with van der Waals surface area (Å²) in [6.07, 6.45) is 0. The number of hydrogen-bond acceptors (Lipinski definition) is 3. The molecule has 0 spiro atoms. The van der Waals surface area contributed by atoms with Gasteiger partial charge in [0.2, 0.25) is 0 Å². The molecule has 1 aromatic rings. The van der Waals surface area contributed by atoms with Gasteiger partial charge in [-0.25, -0.2) is 12.8 Å². The van der Waals surface area contributed by atoms with Crippen LogP contribution in [-0.2, 0) is 10.7 Å². The summed E-state index contributed by atoms with van der Waals surface area (Å²) >= 11 is 0. The van der Waals surface area contributed by atoms with E-state index in [0.29, 0.717) is 0 Å². The van der Waals surface area contributed by atoms with Crippen LogP contribution in [0.3, 0.4) is 0 Å². The van der Waals surface area contributed by atoms with Crippen LogP contribution in [0.5, 0.6) is 0 Å². The second-order valence-electron chi connectivity index (χ2n) is 2.00. The maximum absolute atomic E-state index is 12.4. The first kappa shape index (κ1) is 8.00. The van der Waals surface area contributed by atoms with E-state index in [4.69, 9.17) is 5.73 Å². The molecule has 0 atom stereocenters. The molecule has 0 aliphatic heterocycles.